The molecular formula is C28H31F3N6O7S. The molecule has 0 saturated carbocycles. The van der Waals surface area contributed by atoms with Gasteiger partial charge in [-0.2, -0.15) is 18.3 Å². The summed E-state index contributed by atoms with van der Waals surface area (Å²) in [6.45, 7) is 6.35. The van der Waals surface area contributed by atoms with Crippen LogP contribution >= 0.6 is 0 Å². The molecule has 2 atom stereocenters. The third-order valence-electron chi connectivity index (χ3n) is 6.77. The summed E-state index contributed by atoms with van der Waals surface area (Å²) >= 11 is 0. The van der Waals surface area contributed by atoms with Crippen molar-refractivity contribution in [2.45, 2.75) is 51.5 Å². The van der Waals surface area contributed by atoms with Gasteiger partial charge in [-0.05, 0) is 43.7 Å². The molecule has 13 nitrogen and oxygen atoms in total. The highest BCUT2D eigenvalue weighted by molar-refractivity contribution is 7.90. The first-order valence-corrected chi connectivity index (χ1v) is 15.2. The summed E-state index contributed by atoms with van der Waals surface area (Å²) in [6.07, 6.45) is -5.71. The number of esters is 1. The number of benzene rings is 2. The number of halogens is 3. The Balaban J connectivity index is 1.43. The van der Waals surface area contributed by atoms with E-state index >= 15 is 0 Å². The molecule has 0 bridgehead atoms. The Bertz CT molecular complexity index is 1670. The lowest BCUT2D eigenvalue weighted by atomic mass is 10.1. The lowest BCUT2D eigenvalue weighted by molar-refractivity contribution is -0.709. The van der Waals surface area contributed by atoms with Gasteiger partial charge in [0.05, 0.1) is 46.2 Å². The standard InChI is InChI=1S/C28H31F3N6O7S/c1-17(2)27(39)43-19(4)44-34-37(40)35-14-13-21(16-35)26(38)33-45(41,42)23-11-9-22(10-12-23)36-24(15-25(32-36)28(29,30)31)20-7-5-18(3)6-8-20/h5-12,15,17,19,21H,13-14,16H2,1-4H3,(H,33,38)/b37-34+. The van der Waals surface area contributed by atoms with Crippen molar-refractivity contribution < 1.29 is 45.7 Å². The SMILES string of the molecule is Cc1ccc(-c2cc(C(F)(F)F)nn2-c2ccc(S(=O)(=O)NC(=O)C3CCN(/[N+]([O-])=N\OC(C)OC(=O)C(C)C)C3)cc2)cc1. The summed E-state index contributed by atoms with van der Waals surface area (Å²) in [6, 6.07) is 12.5. The van der Waals surface area contributed by atoms with Crippen molar-refractivity contribution in [3.8, 4) is 16.9 Å². The van der Waals surface area contributed by atoms with Gasteiger partial charge < -0.3 is 9.94 Å². The van der Waals surface area contributed by atoms with E-state index in [0.717, 1.165) is 33.5 Å². The number of amides is 1. The largest absolute Gasteiger partial charge is 0.569 e. The number of carbonyl (C=O) groups excluding carboxylic acids is 2. The maximum absolute atomic E-state index is 13.5. The van der Waals surface area contributed by atoms with Gasteiger partial charge in [0.25, 0.3) is 16.3 Å². The van der Waals surface area contributed by atoms with Crippen molar-refractivity contribution in [3.05, 3.63) is 71.1 Å². The zero-order chi connectivity index (χ0) is 33.1. The highest BCUT2D eigenvalue weighted by Crippen LogP contribution is 2.33. The number of ether oxygens (including phenoxy) is 1. The van der Waals surface area contributed by atoms with E-state index in [1.807, 2.05) is 11.6 Å². The molecule has 0 radical (unpaired) electrons. The normalized spacial score (nSPS) is 16.5. The van der Waals surface area contributed by atoms with E-state index in [2.05, 4.69) is 10.4 Å². The first-order chi connectivity index (χ1) is 21.0. The molecule has 1 saturated heterocycles. The summed E-state index contributed by atoms with van der Waals surface area (Å²) in [5.74, 6) is -2.71. The van der Waals surface area contributed by atoms with Crippen LogP contribution in [0.25, 0.3) is 16.9 Å². The fourth-order valence-corrected chi connectivity index (χ4v) is 5.32. The van der Waals surface area contributed by atoms with E-state index in [0.29, 0.717) is 5.56 Å². The second kappa shape index (κ2) is 13.1. The van der Waals surface area contributed by atoms with Gasteiger partial charge in [0.15, 0.2) is 5.69 Å². The maximum Gasteiger partial charge on any atom is 0.435 e. The Hall–Kier alpha value is -4.67. The lowest BCUT2D eigenvalue weighted by Crippen LogP contribution is -2.37. The van der Waals surface area contributed by atoms with Crippen molar-refractivity contribution in [2.24, 2.45) is 17.1 Å². The summed E-state index contributed by atoms with van der Waals surface area (Å²) in [4.78, 5) is 29.0. The van der Waals surface area contributed by atoms with Crippen LogP contribution in [-0.4, -0.2) is 59.4 Å². The highest BCUT2D eigenvalue weighted by Gasteiger charge is 2.36. The molecule has 1 aliphatic heterocycles. The first-order valence-electron chi connectivity index (χ1n) is 13.8. The monoisotopic (exact) mass is 652 g/mol. The van der Waals surface area contributed by atoms with Crippen molar-refractivity contribution in [1.29, 1.82) is 0 Å². The highest BCUT2D eigenvalue weighted by atomic mass is 32.2. The minimum atomic E-state index is -4.71. The van der Waals surface area contributed by atoms with Crippen molar-refractivity contribution in [2.75, 3.05) is 13.1 Å². The minimum Gasteiger partial charge on any atom is -0.569 e. The van der Waals surface area contributed by atoms with Gasteiger partial charge in [0, 0.05) is 12.5 Å². The molecule has 4 rings (SSSR count). The zero-order valence-electron chi connectivity index (χ0n) is 24.7. The van der Waals surface area contributed by atoms with Gasteiger partial charge in [-0.15, -0.1) is 5.01 Å². The second-order valence-electron chi connectivity index (χ2n) is 10.7. The minimum absolute atomic E-state index is 0.0659. The Kier molecular flexibility index (Phi) is 9.70. The van der Waals surface area contributed by atoms with Gasteiger partial charge in [-0.1, -0.05) is 43.7 Å². The number of hydrogen-bond donors (Lipinski definition) is 1. The van der Waals surface area contributed by atoms with Crippen molar-refractivity contribution in [3.63, 3.8) is 0 Å². The molecule has 1 fully saturated rings. The van der Waals surface area contributed by atoms with Crippen molar-refractivity contribution in [1.82, 2.24) is 19.5 Å². The average Bonchev–Trinajstić information content (AvgIpc) is 3.65. The first kappa shape index (κ1) is 33.2. The topological polar surface area (TPSA) is 158 Å². The van der Waals surface area contributed by atoms with Crippen LogP contribution in [0.5, 0.6) is 0 Å². The van der Waals surface area contributed by atoms with E-state index in [1.165, 1.54) is 19.1 Å². The van der Waals surface area contributed by atoms with Gasteiger partial charge in [-0.3, -0.25) is 14.4 Å². The predicted molar refractivity (Wildman–Crippen MR) is 151 cm³/mol. The van der Waals surface area contributed by atoms with Crippen LogP contribution in [0.1, 0.15) is 38.4 Å². The fourth-order valence-electron chi connectivity index (χ4n) is 4.28. The fraction of sp³-hybridized carbons (Fsp3) is 0.393. The summed E-state index contributed by atoms with van der Waals surface area (Å²) in [5, 5.41) is 20.4. The summed E-state index contributed by atoms with van der Waals surface area (Å²) < 4.78 is 74.4. The van der Waals surface area contributed by atoms with E-state index in [-0.39, 0.29) is 40.8 Å². The smallest absolute Gasteiger partial charge is 0.435 e. The zero-order valence-corrected chi connectivity index (χ0v) is 25.5. The number of alkyl halides is 3. The van der Waals surface area contributed by atoms with E-state index in [1.54, 1.807) is 38.1 Å². The molecule has 0 spiro atoms. The molecule has 2 aromatic carbocycles. The van der Waals surface area contributed by atoms with Crippen molar-refractivity contribution >= 4 is 21.9 Å². The van der Waals surface area contributed by atoms with E-state index in [4.69, 9.17) is 9.57 Å². The van der Waals surface area contributed by atoms with Gasteiger partial charge in [-0.25, -0.2) is 17.8 Å². The van der Waals surface area contributed by atoms with Gasteiger partial charge >= 0.3 is 12.1 Å². The number of sulfonamides is 1. The molecule has 0 aliphatic carbocycles. The quantitative estimate of drug-likeness (QED) is 0.111. The molecule has 2 unspecified atom stereocenters. The molecule has 242 valence electrons. The third-order valence-corrected chi connectivity index (χ3v) is 8.13. The number of carbonyl (C=O) groups is 2. The van der Waals surface area contributed by atoms with Gasteiger partial charge in [0.2, 0.25) is 11.2 Å². The van der Waals surface area contributed by atoms with Crippen LogP contribution in [0.4, 0.5) is 13.2 Å². The van der Waals surface area contributed by atoms with Crippen LogP contribution in [0.3, 0.4) is 0 Å². The number of nitrogens with zero attached hydrogens (tertiary/aromatic N) is 5. The number of rotatable bonds is 10. The molecule has 1 N–H and O–H groups in total. The number of nitrogens with one attached hydrogen (secondary N) is 1. The predicted octanol–water partition coefficient (Wildman–Crippen LogP) is 4.35. The Morgan fingerprint density at radius 1 is 1.11 bits per heavy atom. The van der Waals surface area contributed by atoms with E-state index in [9.17, 15) is 36.4 Å². The molecule has 17 heteroatoms. The number of hydrazine groups is 1. The number of hydrogen-bond acceptors (Lipinski definition) is 9. The molecule has 2 heterocycles. The number of aromatic nitrogens is 2. The van der Waals surface area contributed by atoms with Crippen LogP contribution in [0.2, 0.25) is 0 Å². The molecule has 1 aromatic heterocycles. The van der Waals surface area contributed by atoms with E-state index < -0.39 is 51.9 Å². The molecule has 3 aromatic rings. The summed E-state index contributed by atoms with van der Waals surface area (Å²) in [5.41, 5.74) is 0.569. The Morgan fingerprint density at radius 3 is 2.36 bits per heavy atom. The third kappa shape index (κ3) is 8.09. The number of aryl methyl sites for hydroxylation is 1. The molecule has 1 amide bonds. The van der Waals surface area contributed by atoms with Crippen LogP contribution in [-0.2, 0) is 35.4 Å². The average molecular weight is 653 g/mol. The second-order valence-corrected chi connectivity index (χ2v) is 12.3. The van der Waals surface area contributed by atoms with Crippen LogP contribution in [0, 0.1) is 24.0 Å². The van der Waals surface area contributed by atoms with Crippen LogP contribution < -0.4 is 4.72 Å². The molecule has 1 aliphatic rings. The molecular weight excluding hydrogens is 621 g/mol. The summed E-state index contributed by atoms with van der Waals surface area (Å²) in [7, 11) is -4.37. The van der Waals surface area contributed by atoms with Gasteiger partial charge in [0.1, 0.15) is 0 Å². The maximum atomic E-state index is 13.5. The molecule has 45 heavy (non-hydrogen) atoms. The van der Waals surface area contributed by atoms with Crippen LogP contribution in [0.15, 0.2) is 64.8 Å². The Labute approximate surface area is 256 Å². The Morgan fingerprint density at radius 2 is 1.76 bits per heavy atom. The lowest BCUT2D eigenvalue weighted by Gasteiger charge is -2.15.